The van der Waals surface area contributed by atoms with Crippen molar-refractivity contribution >= 4 is 17.5 Å². The Morgan fingerprint density at radius 1 is 1.07 bits per heavy atom. The molecule has 6 nitrogen and oxygen atoms in total. The first-order valence-electron chi connectivity index (χ1n) is 9.71. The van der Waals surface area contributed by atoms with Crippen LogP contribution in [0.5, 0.6) is 0 Å². The number of hydrogen-bond donors (Lipinski definition) is 0. The maximum atomic E-state index is 12.7. The molecule has 3 aromatic rings. The number of aromatic nitrogens is 2. The van der Waals surface area contributed by atoms with Crippen LogP contribution in [0.1, 0.15) is 34.8 Å². The Bertz CT molecular complexity index is 994. The second-order valence-corrected chi connectivity index (χ2v) is 7.71. The lowest BCUT2D eigenvalue weighted by Gasteiger charge is -2.36. The van der Waals surface area contributed by atoms with E-state index < -0.39 is 0 Å². The number of carbonyl (C=O) groups excluding carboxylic acids is 1. The molecule has 1 aromatic heterocycles. The zero-order chi connectivity index (χ0) is 20.4. The van der Waals surface area contributed by atoms with Crippen LogP contribution in [-0.4, -0.2) is 52.0 Å². The minimum Gasteiger partial charge on any atom is -0.337 e. The van der Waals surface area contributed by atoms with Crippen LogP contribution in [0.25, 0.3) is 11.4 Å². The van der Waals surface area contributed by atoms with Crippen LogP contribution in [0, 0.1) is 6.92 Å². The Hall–Kier alpha value is -2.70. The molecule has 1 aliphatic heterocycles. The summed E-state index contributed by atoms with van der Waals surface area (Å²) in [7, 11) is 0. The number of hydrogen-bond acceptors (Lipinski definition) is 5. The maximum absolute atomic E-state index is 12.7. The zero-order valence-electron chi connectivity index (χ0n) is 16.5. The van der Waals surface area contributed by atoms with E-state index in [4.69, 9.17) is 16.1 Å². The molecule has 0 bridgehead atoms. The van der Waals surface area contributed by atoms with Crippen molar-refractivity contribution in [3.05, 3.63) is 70.6 Å². The van der Waals surface area contributed by atoms with Gasteiger partial charge in [-0.15, -0.1) is 0 Å². The predicted molar refractivity (Wildman–Crippen MR) is 112 cm³/mol. The van der Waals surface area contributed by atoms with Crippen molar-refractivity contribution in [3.8, 4) is 11.4 Å². The third-order valence-corrected chi connectivity index (χ3v) is 5.69. The number of rotatable bonds is 4. The van der Waals surface area contributed by atoms with E-state index in [0.717, 1.165) is 18.7 Å². The smallest absolute Gasteiger partial charge is 0.255 e. The van der Waals surface area contributed by atoms with E-state index >= 15 is 0 Å². The van der Waals surface area contributed by atoms with Gasteiger partial charge in [0.1, 0.15) is 0 Å². The molecular formula is C22H23ClN4O2. The van der Waals surface area contributed by atoms with Crippen molar-refractivity contribution in [2.75, 3.05) is 26.2 Å². The Balaban J connectivity index is 1.39. The molecule has 2 aromatic carbocycles. The molecular weight excluding hydrogens is 388 g/mol. The highest BCUT2D eigenvalue weighted by Crippen LogP contribution is 2.25. The van der Waals surface area contributed by atoms with Crippen LogP contribution in [-0.2, 0) is 0 Å². The lowest BCUT2D eigenvalue weighted by atomic mass is 10.1. The summed E-state index contributed by atoms with van der Waals surface area (Å²) in [6.07, 6.45) is 0. The second-order valence-electron chi connectivity index (χ2n) is 7.31. The summed E-state index contributed by atoms with van der Waals surface area (Å²) in [6, 6.07) is 15.2. The molecule has 7 heteroatoms. The summed E-state index contributed by atoms with van der Waals surface area (Å²) in [6.45, 7) is 6.83. The predicted octanol–water partition coefficient (Wildman–Crippen LogP) is 4.22. The number of piperazine rings is 1. The fraction of sp³-hybridized carbons (Fsp3) is 0.318. The van der Waals surface area contributed by atoms with Crippen molar-refractivity contribution in [1.29, 1.82) is 0 Å². The Kier molecular flexibility index (Phi) is 5.65. The van der Waals surface area contributed by atoms with Crippen molar-refractivity contribution in [2.45, 2.75) is 19.9 Å². The van der Waals surface area contributed by atoms with Crippen LogP contribution in [0.3, 0.4) is 0 Å². The number of nitrogens with zero attached hydrogens (tertiary/aromatic N) is 4. The molecule has 1 fully saturated rings. The van der Waals surface area contributed by atoms with Gasteiger partial charge < -0.3 is 9.42 Å². The van der Waals surface area contributed by atoms with Crippen LogP contribution in [0.15, 0.2) is 53.1 Å². The fourth-order valence-corrected chi connectivity index (χ4v) is 3.71. The molecule has 29 heavy (non-hydrogen) atoms. The van der Waals surface area contributed by atoms with Gasteiger partial charge in [0.25, 0.3) is 5.91 Å². The van der Waals surface area contributed by atoms with Crippen LogP contribution < -0.4 is 0 Å². The number of aryl methyl sites for hydroxylation is 1. The summed E-state index contributed by atoms with van der Waals surface area (Å²) in [5.74, 6) is 1.16. The maximum Gasteiger partial charge on any atom is 0.255 e. The van der Waals surface area contributed by atoms with Crippen molar-refractivity contribution < 1.29 is 9.32 Å². The molecule has 1 saturated heterocycles. The summed E-state index contributed by atoms with van der Waals surface area (Å²) in [5, 5.41) is 4.62. The molecule has 1 amide bonds. The Morgan fingerprint density at radius 2 is 1.76 bits per heavy atom. The molecule has 1 aliphatic rings. The third-order valence-electron chi connectivity index (χ3n) is 5.36. The molecule has 0 aliphatic carbocycles. The molecule has 0 spiro atoms. The molecule has 0 radical (unpaired) electrons. The summed E-state index contributed by atoms with van der Waals surface area (Å²) >= 11 is 6.17. The third kappa shape index (κ3) is 4.18. The standard InChI is InChI=1S/C22H23ClN4O2/c1-15-7-9-17(10-8-15)20-24-21(29-25-20)16(2)26-11-13-27(14-12-26)22(28)18-5-3-4-6-19(18)23/h3-10,16H,11-14H2,1-2H3/t16-/m1/s1. The monoisotopic (exact) mass is 410 g/mol. The van der Waals surface area contributed by atoms with Gasteiger partial charge in [0.05, 0.1) is 16.6 Å². The number of amides is 1. The summed E-state index contributed by atoms with van der Waals surface area (Å²) in [5.41, 5.74) is 2.68. The minimum absolute atomic E-state index is 0.0146. The SMILES string of the molecule is Cc1ccc(-c2noc([C@@H](C)N3CCN(C(=O)c4ccccc4Cl)CC3)n2)cc1. The van der Waals surface area contributed by atoms with Gasteiger partial charge in [-0.2, -0.15) is 4.98 Å². The summed E-state index contributed by atoms with van der Waals surface area (Å²) < 4.78 is 5.52. The quantitative estimate of drug-likeness (QED) is 0.644. The second kappa shape index (κ2) is 8.35. The van der Waals surface area contributed by atoms with Gasteiger partial charge in [-0.1, -0.05) is 58.7 Å². The van der Waals surface area contributed by atoms with E-state index in [-0.39, 0.29) is 11.9 Å². The molecule has 0 unspecified atom stereocenters. The first-order chi connectivity index (χ1) is 14.0. The molecule has 2 heterocycles. The lowest BCUT2D eigenvalue weighted by molar-refractivity contribution is 0.0552. The van der Waals surface area contributed by atoms with Crippen LogP contribution in [0.2, 0.25) is 5.02 Å². The Morgan fingerprint density at radius 3 is 2.45 bits per heavy atom. The van der Waals surface area contributed by atoms with E-state index in [1.165, 1.54) is 5.56 Å². The first kappa shape index (κ1) is 19.6. The van der Waals surface area contributed by atoms with Gasteiger partial charge in [-0.25, -0.2) is 0 Å². The molecule has 1 atom stereocenters. The van der Waals surface area contributed by atoms with Crippen molar-refractivity contribution in [2.24, 2.45) is 0 Å². The number of benzene rings is 2. The average molecular weight is 411 g/mol. The number of halogens is 1. The average Bonchev–Trinajstić information content (AvgIpc) is 3.24. The van der Waals surface area contributed by atoms with Crippen molar-refractivity contribution in [3.63, 3.8) is 0 Å². The van der Waals surface area contributed by atoms with Gasteiger partial charge >= 0.3 is 0 Å². The van der Waals surface area contributed by atoms with Crippen molar-refractivity contribution in [1.82, 2.24) is 19.9 Å². The highest BCUT2D eigenvalue weighted by atomic mass is 35.5. The molecule has 4 rings (SSSR count). The molecule has 150 valence electrons. The largest absolute Gasteiger partial charge is 0.337 e. The fourth-order valence-electron chi connectivity index (χ4n) is 3.50. The highest BCUT2D eigenvalue weighted by Gasteiger charge is 2.28. The summed E-state index contributed by atoms with van der Waals surface area (Å²) in [4.78, 5) is 21.4. The Labute approximate surface area is 175 Å². The first-order valence-corrected chi connectivity index (χ1v) is 10.1. The van der Waals surface area contributed by atoms with Gasteiger partial charge in [0.2, 0.25) is 11.7 Å². The van der Waals surface area contributed by atoms with E-state index in [9.17, 15) is 4.79 Å². The van der Waals surface area contributed by atoms with Crippen LogP contribution >= 0.6 is 11.6 Å². The minimum atomic E-state index is -0.0256. The highest BCUT2D eigenvalue weighted by molar-refractivity contribution is 6.33. The van der Waals surface area contributed by atoms with Crippen LogP contribution in [0.4, 0.5) is 0 Å². The van der Waals surface area contributed by atoms with Gasteiger partial charge in [-0.3, -0.25) is 9.69 Å². The topological polar surface area (TPSA) is 62.5 Å². The van der Waals surface area contributed by atoms with E-state index in [1.807, 2.05) is 48.2 Å². The zero-order valence-corrected chi connectivity index (χ0v) is 17.3. The van der Waals surface area contributed by atoms with E-state index in [2.05, 4.69) is 22.0 Å². The van der Waals surface area contributed by atoms with Gasteiger partial charge in [-0.05, 0) is 26.0 Å². The molecule has 0 N–H and O–H groups in total. The van der Waals surface area contributed by atoms with E-state index in [0.29, 0.717) is 35.4 Å². The normalized spacial score (nSPS) is 16.0. The van der Waals surface area contributed by atoms with Gasteiger partial charge in [0, 0.05) is 31.7 Å². The van der Waals surface area contributed by atoms with Gasteiger partial charge in [0.15, 0.2) is 0 Å². The van der Waals surface area contributed by atoms with E-state index in [1.54, 1.807) is 12.1 Å². The lowest BCUT2D eigenvalue weighted by Crippen LogP contribution is -2.49. The molecule has 0 saturated carbocycles. The number of carbonyl (C=O) groups is 1.